The van der Waals surface area contributed by atoms with Crippen LogP contribution < -0.4 is 10.1 Å². The first-order chi connectivity index (χ1) is 11.8. The van der Waals surface area contributed by atoms with Crippen molar-refractivity contribution in [3.63, 3.8) is 0 Å². The third-order valence-corrected chi connectivity index (χ3v) is 2.93. The number of anilines is 1. The Bertz CT molecular complexity index is 828. The molecular formula is C15H10N2O8. The van der Waals surface area contributed by atoms with Gasteiger partial charge in [0.15, 0.2) is 0 Å². The molecule has 0 atom stereocenters. The van der Waals surface area contributed by atoms with E-state index in [-0.39, 0.29) is 28.3 Å². The first-order valence-electron chi connectivity index (χ1n) is 6.61. The largest absolute Gasteiger partial charge is 0.478 e. The number of nitrogens with one attached hydrogen (secondary N) is 1. The fourth-order valence-electron chi connectivity index (χ4n) is 1.83. The Labute approximate surface area is 139 Å². The number of nitro groups is 1. The minimum Gasteiger partial charge on any atom is -0.478 e. The van der Waals surface area contributed by atoms with Crippen molar-refractivity contribution >= 4 is 29.4 Å². The molecule has 0 aliphatic rings. The van der Waals surface area contributed by atoms with Crippen LogP contribution in [0.1, 0.15) is 20.7 Å². The molecule has 0 radical (unpaired) electrons. The Morgan fingerprint density at radius 1 is 0.960 bits per heavy atom. The molecular weight excluding hydrogens is 336 g/mol. The number of carbonyl (C=O) groups excluding carboxylic acids is 1. The summed E-state index contributed by atoms with van der Waals surface area (Å²) >= 11 is 0. The first kappa shape index (κ1) is 17.4. The normalized spacial score (nSPS) is 9.92. The smallest absolute Gasteiger partial charge is 0.417 e. The van der Waals surface area contributed by atoms with Gasteiger partial charge in [-0.2, -0.15) is 0 Å². The Morgan fingerprint density at radius 3 is 1.92 bits per heavy atom. The molecule has 25 heavy (non-hydrogen) atoms. The van der Waals surface area contributed by atoms with Crippen LogP contribution in [0.15, 0.2) is 42.5 Å². The van der Waals surface area contributed by atoms with Crippen LogP contribution in [0.3, 0.4) is 0 Å². The van der Waals surface area contributed by atoms with Gasteiger partial charge < -0.3 is 14.9 Å². The third kappa shape index (κ3) is 4.51. The minimum absolute atomic E-state index is 0.0101. The number of carbonyl (C=O) groups is 3. The highest BCUT2D eigenvalue weighted by molar-refractivity contribution is 5.97. The van der Waals surface area contributed by atoms with E-state index in [4.69, 9.17) is 14.9 Å². The lowest BCUT2D eigenvalue weighted by Gasteiger charge is -2.08. The van der Waals surface area contributed by atoms with E-state index in [1.54, 1.807) is 0 Å². The predicted molar refractivity (Wildman–Crippen MR) is 83.1 cm³/mol. The van der Waals surface area contributed by atoms with Crippen LogP contribution in [-0.2, 0) is 0 Å². The number of nitrogens with zero attached hydrogens (tertiary/aromatic N) is 1. The summed E-state index contributed by atoms with van der Waals surface area (Å²) in [5.74, 6) is -2.72. The summed E-state index contributed by atoms with van der Waals surface area (Å²) in [6, 6.07) is 7.74. The number of benzene rings is 2. The highest BCUT2D eigenvalue weighted by Gasteiger charge is 2.14. The molecule has 0 saturated carbocycles. The fourth-order valence-corrected chi connectivity index (χ4v) is 1.83. The molecule has 0 aromatic heterocycles. The molecule has 10 heteroatoms. The number of aromatic carboxylic acids is 2. The summed E-state index contributed by atoms with van der Waals surface area (Å²) in [5, 5.41) is 30.7. The Hall–Kier alpha value is -3.95. The number of hydrogen-bond acceptors (Lipinski definition) is 6. The van der Waals surface area contributed by atoms with E-state index in [0.717, 1.165) is 30.3 Å². The molecule has 0 aliphatic heterocycles. The van der Waals surface area contributed by atoms with Gasteiger partial charge in [0.25, 0.3) is 5.69 Å². The standard InChI is InChI=1S/C15H10N2O8/c18-13(19)8-5-9(14(20)21)7-10(6-8)16-15(22)25-12-3-1-11(2-4-12)17(23)24/h1-7H,(H,16,22)(H,18,19)(H,20,21). The van der Waals surface area contributed by atoms with E-state index in [1.165, 1.54) is 12.1 Å². The second-order valence-corrected chi connectivity index (χ2v) is 4.67. The van der Waals surface area contributed by atoms with Crippen molar-refractivity contribution in [1.82, 2.24) is 0 Å². The molecule has 0 aliphatic carbocycles. The summed E-state index contributed by atoms with van der Waals surface area (Å²) < 4.78 is 4.89. The number of hydrogen-bond donors (Lipinski definition) is 3. The fraction of sp³-hybridized carbons (Fsp3) is 0. The molecule has 0 spiro atoms. The summed E-state index contributed by atoms with van der Waals surface area (Å²) in [7, 11) is 0. The third-order valence-electron chi connectivity index (χ3n) is 2.93. The molecule has 1 amide bonds. The van der Waals surface area contributed by atoms with Crippen molar-refractivity contribution in [2.24, 2.45) is 0 Å². The number of ether oxygens (including phenoxy) is 1. The quantitative estimate of drug-likeness (QED) is 0.551. The molecule has 128 valence electrons. The number of rotatable bonds is 5. The van der Waals surface area contributed by atoms with Crippen molar-refractivity contribution < 1.29 is 34.3 Å². The lowest BCUT2D eigenvalue weighted by Crippen LogP contribution is -2.17. The van der Waals surface area contributed by atoms with E-state index in [1.807, 2.05) is 0 Å². The number of amides is 1. The van der Waals surface area contributed by atoms with Gasteiger partial charge in [-0.3, -0.25) is 15.4 Å². The number of non-ortho nitro benzene ring substituents is 1. The number of nitro benzene ring substituents is 1. The van der Waals surface area contributed by atoms with E-state index in [9.17, 15) is 24.5 Å². The summed E-state index contributed by atoms with van der Waals surface area (Å²) in [4.78, 5) is 43.7. The van der Waals surface area contributed by atoms with Crippen LogP contribution in [0, 0.1) is 10.1 Å². The first-order valence-corrected chi connectivity index (χ1v) is 6.61. The zero-order chi connectivity index (χ0) is 18.6. The lowest BCUT2D eigenvalue weighted by atomic mass is 10.1. The van der Waals surface area contributed by atoms with Gasteiger partial charge in [0.2, 0.25) is 0 Å². The average Bonchev–Trinajstić information content (AvgIpc) is 2.54. The molecule has 0 bridgehead atoms. The van der Waals surface area contributed by atoms with E-state index in [2.05, 4.69) is 5.32 Å². The number of carboxylic acids is 2. The van der Waals surface area contributed by atoms with Gasteiger partial charge >= 0.3 is 18.0 Å². The predicted octanol–water partition coefficient (Wildman–Crippen LogP) is 2.60. The topological polar surface area (TPSA) is 156 Å². The zero-order valence-electron chi connectivity index (χ0n) is 12.3. The van der Waals surface area contributed by atoms with Crippen LogP contribution >= 0.6 is 0 Å². The average molecular weight is 346 g/mol. The van der Waals surface area contributed by atoms with E-state index >= 15 is 0 Å². The van der Waals surface area contributed by atoms with Crippen LogP contribution in [0.2, 0.25) is 0 Å². The van der Waals surface area contributed by atoms with Gasteiger partial charge in [0.05, 0.1) is 16.1 Å². The van der Waals surface area contributed by atoms with Crippen LogP contribution in [0.25, 0.3) is 0 Å². The van der Waals surface area contributed by atoms with Gasteiger partial charge in [-0.1, -0.05) is 0 Å². The van der Waals surface area contributed by atoms with Crippen molar-refractivity contribution in [3.8, 4) is 5.75 Å². The summed E-state index contributed by atoms with van der Waals surface area (Å²) in [6.07, 6.45) is -1.02. The van der Waals surface area contributed by atoms with Gasteiger partial charge in [-0.25, -0.2) is 14.4 Å². The van der Waals surface area contributed by atoms with Gasteiger partial charge in [0, 0.05) is 17.8 Å². The second kappa shape index (κ2) is 7.08. The van der Waals surface area contributed by atoms with Crippen LogP contribution in [0.5, 0.6) is 5.75 Å². The van der Waals surface area contributed by atoms with Crippen LogP contribution in [-0.4, -0.2) is 33.2 Å². The van der Waals surface area contributed by atoms with Crippen LogP contribution in [0.4, 0.5) is 16.2 Å². The summed E-state index contributed by atoms with van der Waals surface area (Å²) in [6.45, 7) is 0. The minimum atomic E-state index is -1.37. The Kier molecular flexibility index (Phi) is 4.93. The van der Waals surface area contributed by atoms with Gasteiger partial charge in [-0.05, 0) is 30.3 Å². The van der Waals surface area contributed by atoms with Gasteiger partial charge in [-0.15, -0.1) is 0 Å². The maximum Gasteiger partial charge on any atom is 0.417 e. The molecule has 3 N–H and O–H groups in total. The maximum atomic E-state index is 11.8. The lowest BCUT2D eigenvalue weighted by molar-refractivity contribution is -0.384. The molecule has 2 aromatic carbocycles. The molecule has 0 heterocycles. The van der Waals surface area contributed by atoms with Crippen molar-refractivity contribution in [2.45, 2.75) is 0 Å². The monoisotopic (exact) mass is 346 g/mol. The van der Waals surface area contributed by atoms with Crippen molar-refractivity contribution in [1.29, 1.82) is 0 Å². The van der Waals surface area contributed by atoms with E-state index < -0.39 is 23.0 Å². The Morgan fingerprint density at radius 2 is 1.48 bits per heavy atom. The highest BCUT2D eigenvalue weighted by atomic mass is 16.6. The van der Waals surface area contributed by atoms with Crippen molar-refractivity contribution in [2.75, 3.05) is 5.32 Å². The molecule has 0 saturated heterocycles. The molecule has 0 fully saturated rings. The maximum absolute atomic E-state index is 11.8. The summed E-state index contributed by atoms with van der Waals surface area (Å²) in [5.41, 5.74) is -0.937. The highest BCUT2D eigenvalue weighted by Crippen LogP contribution is 2.19. The van der Waals surface area contributed by atoms with Gasteiger partial charge in [0.1, 0.15) is 5.75 Å². The SMILES string of the molecule is O=C(Nc1cc(C(=O)O)cc(C(=O)O)c1)Oc1ccc([N+](=O)[O-])cc1. The molecule has 2 aromatic rings. The second-order valence-electron chi connectivity index (χ2n) is 4.67. The molecule has 2 rings (SSSR count). The molecule has 10 nitrogen and oxygen atoms in total. The zero-order valence-corrected chi connectivity index (χ0v) is 12.3. The molecule has 0 unspecified atom stereocenters. The van der Waals surface area contributed by atoms with Crippen molar-refractivity contribution in [3.05, 3.63) is 63.7 Å². The Balaban J connectivity index is 2.15. The van der Waals surface area contributed by atoms with E-state index in [0.29, 0.717) is 0 Å². The number of carboxylic acid groups (broad SMARTS) is 2.